The number of hydrogen-bond acceptors (Lipinski definition) is 2. The Morgan fingerprint density at radius 1 is 1.40 bits per heavy atom. The van der Waals surface area contributed by atoms with E-state index in [4.69, 9.17) is 5.73 Å². The molecule has 0 radical (unpaired) electrons. The minimum absolute atomic E-state index is 0.0735. The van der Waals surface area contributed by atoms with Gasteiger partial charge in [0.05, 0.1) is 5.66 Å². The lowest BCUT2D eigenvalue weighted by Gasteiger charge is -2.32. The largest absolute Gasteiger partial charge is 0.314 e. The van der Waals surface area contributed by atoms with Crippen molar-refractivity contribution in [2.24, 2.45) is 17.6 Å². The summed E-state index contributed by atoms with van der Waals surface area (Å²) in [6.07, 6.45) is 4.00. The Morgan fingerprint density at radius 3 is 2.80 bits per heavy atom. The zero-order chi connectivity index (χ0) is 7.19. The summed E-state index contributed by atoms with van der Waals surface area (Å²) in [6.45, 7) is 3.25. The monoisotopic (exact) mass is 140 g/mol. The molecule has 1 atom stereocenters. The Kier molecular flexibility index (Phi) is 1.29. The third-order valence-corrected chi connectivity index (χ3v) is 2.84. The summed E-state index contributed by atoms with van der Waals surface area (Å²) in [5.41, 5.74) is 5.91. The first kappa shape index (κ1) is 6.62. The summed E-state index contributed by atoms with van der Waals surface area (Å²) in [6, 6.07) is 0. The molecule has 2 saturated heterocycles. The molecule has 2 nitrogen and oxygen atoms in total. The number of rotatable bonds is 0. The first-order valence-corrected chi connectivity index (χ1v) is 4.20. The van der Waals surface area contributed by atoms with E-state index in [1.807, 2.05) is 0 Å². The van der Waals surface area contributed by atoms with Gasteiger partial charge in [0, 0.05) is 0 Å². The van der Waals surface area contributed by atoms with Gasteiger partial charge in [0.25, 0.3) is 0 Å². The summed E-state index contributed by atoms with van der Waals surface area (Å²) in [4.78, 5) is 0. The Hall–Kier alpha value is -0.0800. The van der Waals surface area contributed by atoms with Crippen LogP contribution in [-0.2, 0) is 0 Å². The molecule has 10 heavy (non-hydrogen) atoms. The van der Waals surface area contributed by atoms with Crippen molar-refractivity contribution in [1.82, 2.24) is 5.32 Å². The third-order valence-electron chi connectivity index (χ3n) is 2.84. The van der Waals surface area contributed by atoms with Crippen LogP contribution in [0, 0.1) is 11.8 Å². The average molecular weight is 140 g/mol. The van der Waals surface area contributed by atoms with Crippen LogP contribution in [0.15, 0.2) is 0 Å². The van der Waals surface area contributed by atoms with E-state index in [0.717, 1.165) is 18.4 Å². The van der Waals surface area contributed by atoms with Crippen LogP contribution < -0.4 is 11.1 Å². The molecule has 1 aliphatic carbocycles. The van der Waals surface area contributed by atoms with Crippen molar-refractivity contribution in [2.75, 3.05) is 6.54 Å². The summed E-state index contributed by atoms with van der Waals surface area (Å²) >= 11 is 0. The minimum Gasteiger partial charge on any atom is -0.314 e. The smallest absolute Gasteiger partial charge is 0.0635 e. The molecular formula is C8H16N2. The SMILES string of the molecule is CC1(N)CC2CC(CN1)C2. The minimum atomic E-state index is -0.0735. The maximum absolute atomic E-state index is 5.98. The highest BCUT2D eigenvalue weighted by molar-refractivity contribution is 4.93. The lowest BCUT2D eigenvalue weighted by Crippen LogP contribution is -2.50. The Bertz CT molecular complexity index is 136. The predicted molar refractivity (Wildman–Crippen MR) is 41.4 cm³/mol. The molecule has 3 rings (SSSR count). The van der Waals surface area contributed by atoms with E-state index in [-0.39, 0.29) is 5.66 Å². The van der Waals surface area contributed by atoms with Gasteiger partial charge in [-0.1, -0.05) is 0 Å². The summed E-state index contributed by atoms with van der Waals surface area (Å²) < 4.78 is 0. The van der Waals surface area contributed by atoms with Gasteiger partial charge in [0.15, 0.2) is 0 Å². The van der Waals surface area contributed by atoms with Crippen LogP contribution >= 0.6 is 0 Å². The van der Waals surface area contributed by atoms with E-state index >= 15 is 0 Å². The lowest BCUT2D eigenvalue weighted by molar-refractivity contribution is 0.200. The van der Waals surface area contributed by atoms with Crippen molar-refractivity contribution in [2.45, 2.75) is 31.8 Å². The molecule has 0 aromatic rings. The van der Waals surface area contributed by atoms with E-state index in [9.17, 15) is 0 Å². The zero-order valence-corrected chi connectivity index (χ0v) is 6.56. The molecule has 3 aliphatic rings. The van der Waals surface area contributed by atoms with E-state index in [0.29, 0.717) is 0 Å². The maximum atomic E-state index is 5.98. The van der Waals surface area contributed by atoms with Crippen LogP contribution in [0.1, 0.15) is 26.2 Å². The second kappa shape index (κ2) is 1.95. The van der Waals surface area contributed by atoms with Gasteiger partial charge in [-0.25, -0.2) is 0 Å². The van der Waals surface area contributed by atoms with E-state index in [1.165, 1.54) is 19.3 Å². The normalized spacial score (nSPS) is 53.4. The van der Waals surface area contributed by atoms with Crippen LogP contribution in [0.4, 0.5) is 0 Å². The van der Waals surface area contributed by atoms with Crippen LogP contribution in [0.2, 0.25) is 0 Å². The van der Waals surface area contributed by atoms with E-state index < -0.39 is 0 Å². The van der Waals surface area contributed by atoms with Crippen molar-refractivity contribution >= 4 is 0 Å². The summed E-state index contributed by atoms with van der Waals surface area (Å²) in [7, 11) is 0. The van der Waals surface area contributed by atoms with Gasteiger partial charge in [-0.05, 0) is 44.6 Å². The topological polar surface area (TPSA) is 38.0 Å². The Balaban J connectivity index is 2.03. The van der Waals surface area contributed by atoms with Crippen LogP contribution in [0.3, 0.4) is 0 Å². The molecule has 2 heteroatoms. The number of fused-ring (bicyclic) bond motifs is 3. The molecule has 0 amide bonds. The van der Waals surface area contributed by atoms with Gasteiger partial charge in [-0.3, -0.25) is 5.32 Å². The van der Waals surface area contributed by atoms with Crippen molar-refractivity contribution < 1.29 is 0 Å². The van der Waals surface area contributed by atoms with Crippen LogP contribution in [0.5, 0.6) is 0 Å². The number of hydrogen-bond donors (Lipinski definition) is 2. The highest BCUT2D eigenvalue weighted by Crippen LogP contribution is 2.40. The fourth-order valence-electron chi connectivity index (χ4n) is 2.26. The molecule has 3 fully saturated rings. The Labute approximate surface area is 62.2 Å². The van der Waals surface area contributed by atoms with Gasteiger partial charge in [0.2, 0.25) is 0 Å². The molecule has 0 aromatic heterocycles. The maximum Gasteiger partial charge on any atom is 0.0635 e. The van der Waals surface area contributed by atoms with E-state index in [2.05, 4.69) is 12.2 Å². The Morgan fingerprint density at radius 2 is 2.10 bits per heavy atom. The molecule has 0 aromatic carbocycles. The summed E-state index contributed by atoms with van der Waals surface area (Å²) in [5.74, 6) is 1.87. The van der Waals surface area contributed by atoms with Gasteiger partial charge >= 0.3 is 0 Å². The molecule has 1 unspecified atom stereocenters. The molecule has 0 spiro atoms. The highest BCUT2D eigenvalue weighted by atomic mass is 15.1. The van der Waals surface area contributed by atoms with Gasteiger partial charge in [-0.2, -0.15) is 0 Å². The molecule has 2 bridgehead atoms. The fraction of sp³-hybridized carbons (Fsp3) is 1.00. The second-order valence-electron chi connectivity index (χ2n) is 4.21. The summed E-state index contributed by atoms with van der Waals surface area (Å²) in [5, 5.41) is 3.39. The van der Waals surface area contributed by atoms with Crippen molar-refractivity contribution in [3.8, 4) is 0 Å². The van der Waals surface area contributed by atoms with Crippen molar-refractivity contribution in [1.29, 1.82) is 0 Å². The predicted octanol–water partition coefficient (Wildman–Crippen LogP) is 0.681. The number of nitrogens with one attached hydrogen (secondary N) is 1. The quantitative estimate of drug-likeness (QED) is 0.519. The van der Waals surface area contributed by atoms with Gasteiger partial charge in [-0.15, -0.1) is 0 Å². The van der Waals surface area contributed by atoms with Crippen molar-refractivity contribution in [3.63, 3.8) is 0 Å². The van der Waals surface area contributed by atoms with E-state index in [1.54, 1.807) is 0 Å². The lowest BCUT2D eigenvalue weighted by atomic mass is 9.73. The van der Waals surface area contributed by atoms with Crippen molar-refractivity contribution in [3.05, 3.63) is 0 Å². The van der Waals surface area contributed by atoms with Gasteiger partial charge in [0.1, 0.15) is 0 Å². The van der Waals surface area contributed by atoms with Crippen LogP contribution in [-0.4, -0.2) is 12.2 Å². The first-order valence-electron chi connectivity index (χ1n) is 4.20. The molecule has 2 heterocycles. The molecule has 1 saturated carbocycles. The average Bonchev–Trinajstić information content (AvgIpc) is 1.91. The molecule has 3 N–H and O–H groups in total. The first-order chi connectivity index (χ1) is 4.66. The zero-order valence-electron chi connectivity index (χ0n) is 6.56. The second-order valence-corrected chi connectivity index (χ2v) is 4.21. The standard InChI is InChI=1S/C8H16N2/c1-8(9)4-6-2-7(3-6)5-10-8/h6-7,10H,2-5,9H2,1H3. The number of nitrogens with two attached hydrogens (primary N) is 1. The highest BCUT2D eigenvalue weighted by Gasteiger charge is 2.37. The van der Waals surface area contributed by atoms with Crippen LogP contribution in [0.25, 0.3) is 0 Å². The van der Waals surface area contributed by atoms with Gasteiger partial charge < -0.3 is 5.73 Å². The molecule has 2 aliphatic heterocycles. The molecule has 58 valence electrons. The third kappa shape index (κ3) is 1.06. The molecular weight excluding hydrogens is 124 g/mol. The fourth-order valence-corrected chi connectivity index (χ4v) is 2.26.